The van der Waals surface area contributed by atoms with Crippen molar-refractivity contribution in [2.45, 2.75) is 20.8 Å². The van der Waals surface area contributed by atoms with Gasteiger partial charge >= 0.3 is 6.03 Å². The van der Waals surface area contributed by atoms with Gasteiger partial charge in [-0.1, -0.05) is 6.07 Å². The summed E-state index contributed by atoms with van der Waals surface area (Å²) in [6.07, 6.45) is 0. The summed E-state index contributed by atoms with van der Waals surface area (Å²) in [6.45, 7) is 5.73. The van der Waals surface area contributed by atoms with Gasteiger partial charge in [-0.05, 0) is 37.1 Å². The quantitative estimate of drug-likeness (QED) is 0.792. The first kappa shape index (κ1) is 16.0. The summed E-state index contributed by atoms with van der Waals surface area (Å²) in [5.74, 6) is 0.320. The van der Waals surface area contributed by atoms with Crippen LogP contribution < -0.4 is 15.8 Å². The van der Waals surface area contributed by atoms with Crippen molar-refractivity contribution in [1.29, 1.82) is 0 Å². The Kier molecular flexibility index (Phi) is 5.99. The number of nitrogens with zero attached hydrogens (tertiary/aromatic N) is 1. The van der Waals surface area contributed by atoms with E-state index in [-0.39, 0.29) is 25.7 Å². The second-order valence-corrected chi connectivity index (χ2v) is 4.48. The standard InChI is InChI=1S/C14H21N3O3/c1-10-4-5-13(8-11(10)2)20-9-16-14(19)17(7-6-15)12(3)18/h4-5,8H,6-7,9,15H2,1-3H3,(H,16,19). The van der Waals surface area contributed by atoms with E-state index in [1.807, 2.05) is 32.0 Å². The Morgan fingerprint density at radius 1 is 1.30 bits per heavy atom. The van der Waals surface area contributed by atoms with Gasteiger partial charge in [-0.15, -0.1) is 0 Å². The third-order valence-corrected chi connectivity index (χ3v) is 2.92. The molecule has 0 saturated heterocycles. The number of amides is 3. The van der Waals surface area contributed by atoms with Gasteiger partial charge in [0.2, 0.25) is 5.91 Å². The summed E-state index contributed by atoms with van der Waals surface area (Å²) in [5, 5.41) is 2.52. The minimum Gasteiger partial charge on any atom is -0.473 e. The van der Waals surface area contributed by atoms with E-state index in [2.05, 4.69) is 5.32 Å². The van der Waals surface area contributed by atoms with Gasteiger partial charge in [0.05, 0.1) is 0 Å². The molecular weight excluding hydrogens is 258 g/mol. The molecule has 0 bridgehead atoms. The Morgan fingerprint density at radius 2 is 2.00 bits per heavy atom. The molecule has 1 aromatic rings. The van der Waals surface area contributed by atoms with Gasteiger partial charge in [-0.2, -0.15) is 0 Å². The molecule has 0 fully saturated rings. The van der Waals surface area contributed by atoms with Crippen LogP contribution in [0.4, 0.5) is 4.79 Å². The van der Waals surface area contributed by atoms with Crippen molar-refractivity contribution in [2.24, 2.45) is 5.73 Å². The molecule has 1 aromatic carbocycles. The molecule has 0 aromatic heterocycles. The lowest BCUT2D eigenvalue weighted by atomic mass is 10.1. The van der Waals surface area contributed by atoms with E-state index in [0.29, 0.717) is 5.75 Å². The number of hydrogen-bond donors (Lipinski definition) is 2. The van der Waals surface area contributed by atoms with Crippen LogP contribution >= 0.6 is 0 Å². The molecule has 0 spiro atoms. The maximum absolute atomic E-state index is 11.7. The summed E-state index contributed by atoms with van der Waals surface area (Å²) < 4.78 is 5.42. The van der Waals surface area contributed by atoms with Crippen LogP contribution in [-0.2, 0) is 4.79 Å². The SMILES string of the molecule is CC(=O)N(CCN)C(=O)NCOc1ccc(C)c(C)c1. The Labute approximate surface area is 118 Å². The monoisotopic (exact) mass is 279 g/mol. The molecular formula is C14H21N3O3. The van der Waals surface area contributed by atoms with Gasteiger partial charge in [0.1, 0.15) is 5.75 Å². The second-order valence-electron chi connectivity index (χ2n) is 4.48. The van der Waals surface area contributed by atoms with Crippen molar-refractivity contribution in [3.05, 3.63) is 29.3 Å². The molecule has 0 saturated carbocycles. The van der Waals surface area contributed by atoms with Gasteiger partial charge in [0.25, 0.3) is 0 Å². The number of aryl methyl sites for hydroxylation is 2. The number of benzene rings is 1. The van der Waals surface area contributed by atoms with Gasteiger partial charge in [0, 0.05) is 20.0 Å². The topological polar surface area (TPSA) is 84.7 Å². The van der Waals surface area contributed by atoms with E-state index in [1.54, 1.807) is 0 Å². The molecule has 0 unspecified atom stereocenters. The van der Waals surface area contributed by atoms with Crippen LogP contribution in [0.2, 0.25) is 0 Å². The van der Waals surface area contributed by atoms with Crippen molar-refractivity contribution in [3.63, 3.8) is 0 Å². The first-order valence-corrected chi connectivity index (χ1v) is 6.41. The molecule has 3 N–H and O–H groups in total. The highest BCUT2D eigenvalue weighted by Gasteiger charge is 2.16. The van der Waals surface area contributed by atoms with Crippen LogP contribution in [0.5, 0.6) is 5.75 Å². The summed E-state index contributed by atoms with van der Waals surface area (Å²) in [7, 11) is 0. The van der Waals surface area contributed by atoms with Crippen molar-refractivity contribution in [3.8, 4) is 5.75 Å². The number of carbonyl (C=O) groups excluding carboxylic acids is 2. The van der Waals surface area contributed by atoms with E-state index in [1.165, 1.54) is 12.5 Å². The van der Waals surface area contributed by atoms with Crippen molar-refractivity contribution < 1.29 is 14.3 Å². The van der Waals surface area contributed by atoms with E-state index in [0.717, 1.165) is 10.5 Å². The number of nitrogens with two attached hydrogens (primary N) is 1. The number of rotatable bonds is 5. The maximum Gasteiger partial charge on any atom is 0.326 e. The fourth-order valence-electron chi connectivity index (χ4n) is 1.61. The first-order chi connectivity index (χ1) is 9.45. The van der Waals surface area contributed by atoms with E-state index in [9.17, 15) is 9.59 Å². The Bertz CT molecular complexity index is 489. The average Bonchev–Trinajstić information content (AvgIpc) is 2.39. The van der Waals surface area contributed by atoms with Crippen molar-refractivity contribution >= 4 is 11.9 Å². The van der Waals surface area contributed by atoms with Gasteiger partial charge in [0.15, 0.2) is 6.73 Å². The molecule has 1 rings (SSSR count). The lowest BCUT2D eigenvalue weighted by Gasteiger charge is -2.19. The molecule has 0 atom stereocenters. The average molecular weight is 279 g/mol. The minimum atomic E-state index is -0.508. The van der Waals surface area contributed by atoms with Gasteiger partial charge in [-0.3, -0.25) is 9.69 Å². The number of imide groups is 1. The Hall–Kier alpha value is -2.08. The van der Waals surface area contributed by atoms with E-state index < -0.39 is 6.03 Å². The summed E-state index contributed by atoms with van der Waals surface area (Å²) >= 11 is 0. The van der Waals surface area contributed by atoms with Gasteiger partial charge < -0.3 is 15.8 Å². The van der Waals surface area contributed by atoms with Crippen LogP contribution in [0.15, 0.2) is 18.2 Å². The molecule has 0 aliphatic rings. The van der Waals surface area contributed by atoms with Crippen LogP contribution in [-0.4, -0.2) is 36.7 Å². The van der Waals surface area contributed by atoms with Gasteiger partial charge in [-0.25, -0.2) is 4.79 Å². The number of ether oxygens (including phenoxy) is 1. The Morgan fingerprint density at radius 3 is 2.55 bits per heavy atom. The molecule has 6 heteroatoms. The molecule has 0 aliphatic carbocycles. The molecule has 3 amide bonds. The molecule has 0 heterocycles. The lowest BCUT2D eigenvalue weighted by molar-refractivity contribution is -0.125. The molecule has 110 valence electrons. The van der Waals surface area contributed by atoms with E-state index in [4.69, 9.17) is 10.5 Å². The number of nitrogens with one attached hydrogen (secondary N) is 1. The molecule has 20 heavy (non-hydrogen) atoms. The zero-order valence-electron chi connectivity index (χ0n) is 12.1. The third-order valence-electron chi connectivity index (χ3n) is 2.92. The predicted octanol–water partition coefficient (Wildman–Crippen LogP) is 1.16. The molecule has 0 aliphatic heterocycles. The third kappa shape index (κ3) is 4.55. The van der Waals surface area contributed by atoms with Crippen molar-refractivity contribution in [1.82, 2.24) is 10.2 Å². The number of carbonyl (C=O) groups is 2. The lowest BCUT2D eigenvalue weighted by Crippen LogP contribution is -2.46. The Balaban J connectivity index is 2.48. The highest BCUT2D eigenvalue weighted by Crippen LogP contribution is 2.15. The predicted molar refractivity (Wildman–Crippen MR) is 76.4 cm³/mol. The number of urea groups is 1. The fourth-order valence-corrected chi connectivity index (χ4v) is 1.61. The maximum atomic E-state index is 11.7. The van der Waals surface area contributed by atoms with E-state index >= 15 is 0 Å². The molecule has 0 radical (unpaired) electrons. The first-order valence-electron chi connectivity index (χ1n) is 6.41. The second kappa shape index (κ2) is 7.49. The fraction of sp³-hybridized carbons (Fsp3) is 0.429. The highest BCUT2D eigenvalue weighted by atomic mass is 16.5. The van der Waals surface area contributed by atoms with Crippen LogP contribution in [0.25, 0.3) is 0 Å². The zero-order valence-corrected chi connectivity index (χ0v) is 12.1. The van der Waals surface area contributed by atoms with Crippen molar-refractivity contribution in [2.75, 3.05) is 19.8 Å². The summed E-state index contributed by atoms with van der Waals surface area (Å²) in [4.78, 5) is 24.0. The van der Waals surface area contributed by atoms with Crippen LogP contribution in [0, 0.1) is 13.8 Å². The zero-order chi connectivity index (χ0) is 15.1. The normalized spacial score (nSPS) is 10.0. The molecule has 6 nitrogen and oxygen atoms in total. The van der Waals surface area contributed by atoms with Crippen LogP contribution in [0.1, 0.15) is 18.1 Å². The highest BCUT2D eigenvalue weighted by molar-refractivity contribution is 5.93. The minimum absolute atomic E-state index is 0.00428. The van der Waals surface area contributed by atoms with Crippen LogP contribution in [0.3, 0.4) is 0 Å². The largest absolute Gasteiger partial charge is 0.473 e. The number of hydrogen-bond acceptors (Lipinski definition) is 4. The summed E-state index contributed by atoms with van der Waals surface area (Å²) in [5.41, 5.74) is 7.64. The smallest absolute Gasteiger partial charge is 0.326 e. The summed E-state index contributed by atoms with van der Waals surface area (Å²) in [6, 6.07) is 5.16.